The van der Waals surface area contributed by atoms with Crippen LogP contribution in [0.5, 0.6) is 0 Å². The number of phosphoric acid groups is 2. The van der Waals surface area contributed by atoms with Gasteiger partial charge in [-0.25, -0.2) is 9.13 Å². The standard InChI is InChI=1S/C91H156O16P2/c1-4-7-10-13-16-19-22-25-28-31-33-35-37-38-39-40-41-42-43-44-45-46-48-50-51-54-56-59-62-65-68-71-74-77-89(94)101-80-86(92)81-103-108(97,98)104-82-87(93)83-105-109(99,100)106-85-88(107-91(96)79-76-73-70-67-64-61-58-53-30-27-24-21-18-15-12-9-6-3)84-102-90(95)78-75-72-69-66-63-60-57-55-52-49-47-36-34-32-29-26-23-20-17-14-11-8-5-2/h8-9,11-12,16-21,25-30,33-36,38-39,49,52,86-88,92-93H,4-7,10,13-15,22-24,31-32,37,40-48,50-51,53-85H2,1-3H3,(H,97,98)(H,99,100)/b11-8-,12-9-,19-16-,20-17-,21-18-,28-25-,29-26-,30-27-,35-33-,36-34-,39-38-,52-49-. The van der Waals surface area contributed by atoms with Gasteiger partial charge in [-0.05, 0) is 141 Å². The lowest BCUT2D eigenvalue weighted by molar-refractivity contribution is -0.161. The molecule has 0 heterocycles. The number of carbonyl (C=O) groups is 3. The second-order valence-electron chi connectivity index (χ2n) is 28.6. The molecule has 16 nitrogen and oxygen atoms in total. The molecule has 5 unspecified atom stereocenters. The number of carbonyl (C=O) groups excluding carboxylic acids is 3. The molecule has 4 N–H and O–H groups in total. The predicted molar refractivity (Wildman–Crippen MR) is 454 cm³/mol. The third-order valence-electron chi connectivity index (χ3n) is 18.0. The average molecular weight is 1570 g/mol. The van der Waals surface area contributed by atoms with E-state index >= 15 is 0 Å². The van der Waals surface area contributed by atoms with Gasteiger partial charge >= 0.3 is 33.6 Å². The van der Waals surface area contributed by atoms with Crippen molar-refractivity contribution in [2.45, 2.75) is 373 Å². The highest BCUT2D eigenvalue weighted by Gasteiger charge is 2.29. The van der Waals surface area contributed by atoms with Gasteiger partial charge < -0.3 is 34.2 Å². The summed E-state index contributed by atoms with van der Waals surface area (Å²) in [5.74, 6) is -1.59. The molecule has 18 heteroatoms. The number of esters is 3. The Morgan fingerprint density at radius 1 is 0.266 bits per heavy atom. The van der Waals surface area contributed by atoms with E-state index in [1.165, 1.54) is 116 Å². The molecule has 0 aromatic rings. The molecule has 0 radical (unpaired) electrons. The van der Waals surface area contributed by atoms with E-state index in [2.05, 4.69) is 167 Å². The smallest absolute Gasteiger partial charge is 0.463 e. The van der Waals surface area contributed by atoms with Gasteiger partial charge in [0.25, 0.3) is 0 Å². The molecule has 0 amide bonds. The molecule has 0 saturated heterocycles. The minimum absolute atomic E-state index is 0.0873. The molecule has 0 bridgehead atoms. The minimum Gasteiger partial charge on any atom is -0.463 e. The van der Waals surface area contributed by atoms with Gasteiger partial charge in [-0.3, -0.25) is 32.5 Å². The molecule has 0 aromatic carbocycles. The molecule has 0 saturated carbocycles. The Labute approximate surface area is 664 Å². The van der Waals surface area contributed by atoms with Crippen molar-refractivity contribution in [2.75, 3.05) is 39.6 Å². The van der Waals surface area contributed by atoms with Gasteiger partial charge in [-0.1, -0.05) is 340 Å². The van der Waals surface area contributed by atoms with Crippen molar-refractivity contribution >= 4 is 33.6 Å². The lowest BCUT2D eigenvalue weighted by Crippen LogP contribution is -2.30. The fourth-order valence-corrected chi connectivity index (χ4v) is 13.1. The number of hydrogen-bond acceptors (Lipinski definition) is 14. The maximum atomic E-state index is 13.0. The van der Waals surface area contributed by atoms with Crippen molar-refractivity contribution in [1.82, 2.24) is 0 Å². The van der Waals surface area contributed by atoms with E-state index in [4.69, 9.17) is 32.3 Å². The Hall–Kier alpha value is -4.57. The molecule has 5 atom stereocenters. The highest BCUT2D eigenvalue weighted by Crippen LogP contribution is 2.45. The number of aliphatic hydroxyl groups is 2. The van der Waals surface area contributed by atoms with Gasteiger partial charge in [-0.2, -0.15) is 0 Å². The molecule has 0 fully saturated rings. The van der Waals surface area contributed by atoms with Crippen LogP contribution in [0.15, 0.2) is 146 Å². The molecule has 0 spiro atoms. The Balaban J connectivity index is 4.50. The lowest BCUT2D eigenvalue weighted by atomic mass is 10.0. The predicted octanol–water partition coefficient (Wildman–Crippen LogP) is 26.0. The van der Waals surface area contributed by atoms with Crippen LogP contribution in [-0.2, 0) is 55.8 Å². The number of hydrogen-bond donors (Lipinski definition) is 4. The largest absolute Gasteiger partial charge is 0.472 e. The average Bonchev–Trinajstić information content (AvgIpc) is 0.868. The van der Waals surface area contributed by atoms with Crippen LogP contribution in [0.3, 0.4) is 0 Å². The fraction of sp³-hybridized carbons (Fsp3) is 0.703. The maximum Gasteiger partial charge on any atom is 0.472 e. The third-order valence-corrected chi connectivity index (χ3v) is 19.9. The summed E-state index contributed by atoms with van der Waals surface area (Å²) in [5, 5.41) is 20.7. The van der Waals surface area contributed by atoms with Gasteiger partial charge in [-0.15, -0.1) is 0 Å². The van der Waals surface area contributed by atoms with Crippen LogP contribution in [0.1, 0.15) is 355 Å². The van der Waals surface area contributed by atoms with Crippen molar-refractivity contribution < 1.29 is 75.8 Å². The molecule has 626 valence electrons. The van der Waals surface area contributed by atoms with Crippen molar-refractivity contribution in [3.8, 4) is 0 Å². The topological polar surface area (TPSA) is 231 Å². The van der Waals surface area contributed by atoms with Crippen LogP contribution >= 0.6 is 15.6 Å². The number of rotatable bonds is 81. The van der Waals surface area contributed by atoms with Crippen molar-refractivity contribution in [3.05, 3.63) is 146 Å². The van der Waals surface area contributed by atoms with Crippen LogP contribution in [0.2, 0.25) is 0 Å². The quantitative estimate of drug-likeness (QED) is 0.0146. The number of ether oxygens (including phenoxy) is 3. The number of allylic oxidation sites excluding steroid dienone is 24. The zero-order valence-electron chi connectivity index (χ0n) is 68.7. The van der Waals surface area contributed by atoms with Crippen LogP contribution in [0.4, 0.5) is 0 Å². The first-order valence-electron chi connectivity index (χ1n) is 43.1. The van der Waals surface area contributed by atoms with E-state index in [9.17, 15) is 43.5 Å². The number of aliphatic hydroxyl groups excluding tert-OH is 2. The van der Waals surface area contributed by atoms with E-state index < -0.39 is 91.5 Å². The van der Waals surface area contributed by atoms with Crippen LogP contribution in [0.25, 0.3) is 0 Å². The summed E-state index contributed by atoms with van der Waals surface area (Å²) in [6.07, 6.45) is 103. The molecular weight excluding hydrogens is 1410 g/mol. The van der Waals surface area contributed by atoms with Gasteiger partial charge in [0.2, 0.25) is 0 Å². The summed E-state index contributed by atoms with van der Waals surface area (Å²) >= 11 is 0. The summed E-state index contributed by atoms with van der Waals surface area (Å²) in [6, 6.07) is 0. The highest BCUT2D eigenvalue weighted by atomic mass is 31.2. The number of phosphoric ester groups is 2. The second kappa shape index (κ2) is 82.9. The van der Waals surface area contributed by atoms with Gasteiger partial charge in [0, 0.05) is 19.3 Å². The van der Waals surface area contributed by atoms with Gasteiger partial charge in [0.05, 0.1) is 26.4 Å². The summed E-state index contributed by atoms with van der Waals surface area (Å²) in [6.45, 7) is 2.44. The Morgan fingerprint density at radius 2 is 0.486 bits per heavy atom. The van der Waals surface area contributed by atoms with E-state index in [1.54, 1.807) is 0 Å². The van der Waals surface area contributed by atoms with Crippen LogP contribution in [-0.4, -0.2) is 95.9 Å². The van der Waals surface area contributed by atoms with Crippen molar-refractivity contribution in [2.24, 2.45) is 0 Å². The number of unbranched alkanes of at least 4 members (excludes halogenated alkanes) is 34. The molecule has 109 heavy (non-hydrogen) atoms. The van der Waals surface area contributed by atoms with Gasteiger partial charge in [0.1, 0.15) is 25.4 Å². The van der Waals surface area contributed by atoms with E-state index in [-0.39, 0.29) is 19.3 Å². The summed E-state index contributed by atoms with van der Waals surface area (Å²) in [4.78, 5) is 58.8. The van der Waals surface area contributed by atoms with Crippen molar-refractivity contribution in [1.29, 1.82) is 0 Å². The summed E-state index contributed by atoms with van der Waals surface area (Å²) in [5.41, 5.74) is 0. The fourth-order valence-electron chi connectivity index (χ4n) is 11.5. The monoisotopic (exact) mass is 1570 g/mol. The van der Waals surface area contributed by atoms with Crippen molar-refractivity contribution in [3.63, 3.8) is 0 Å². The SMILES string of the molecule is CC/C=C\C/C=C\C/C=C\C/C=C\C/C=C\CCCCCCCCCC(=O)OCC(COP(=O)(O)OCC(O)COP(=O)(O)OCC(O)COC(=O)CCCCCCCCCCCCCCCCCCC/C=C\C/C=C\C/C=C\C/C=C\CCCCC)OC(=O)CCCCCCCCC/C=C\C/C=C\C/C=C\CC. The minimum atomic E-state index is -4.94. The Kier molecular flexibility index (Phi) is 79.4. The summed E-state index contributed by atoms with van der Waals surface area (Å²) in [7, 11) is -9.81. The zero-order valence-corrected chi connectivity index (χ0v) is 70.5. The molecular formula is C91H156O16P2. The third kappa shape index (κ3) is 84.2. The lowest BCUT2D eigenvalue weighted by Gasteiger charge is -2.21. The highest BCUT2D eigenvalue weighted by molar-refractivity contribution is 7.47. The van der Waals surface area contributed by atoms with Gasteiger partial charge in [0.15, 0.2) is 6.10 Å². The zero-order chi connectivity index (χ0) is 79.4. The first kappa shape index (κ1) is 104. The van der Waals surface area contributed by atoms with E-state index in [0.717, 1.165) is 180 Å². The Bertz CT molecular complexity index is 2560. The van der Waals surface area contributed by atoms with E-state index in [1.807, 2.05) is 0 Å². The van der Waals surface area contributed by atoms with Crippen LogP contribution < -0.4 is 0 Å². The molecule has 0 aliphatic rings. The molecule has 0 aliphatic heterocycles. The Morgan fingerprint density at radius 3 is 0.771 bits per heavy atom. The molecule has 0 aliphatic carbocycles. The molecule has 0 aromatic heterocycles. The molecule has 0 rings (SSSR count). The maximum absolute atomic E-state index is 13.0. The van der Waals surface area contributed by atoms with E-state index in [0.29, 0.717) is 19.3 Å². The first-order chi connectivity index (χ1) is 53.2. The summed E-state index contributed by atoms with van der Waals surface area (Å²) < 4.78 is 61.3. The second-order valence-corrected chi connectivity index (χ2v) is 31.5. The first-order valence-corrected chi connectivity index (χ1v) is 46.1. The normalized spacial score (nSPS) is 14.6. The van der Waals surface area contributed by atoms with Crippen LogP contribution in [0, 0.1) is 0 Å².